The minimum absolute atomic E-state index is 0.471. The highest BCUT2D eigenvalue weighted by atomic mass is 32.1. The molecule has 0 unspecified atom stereocenters. The molecular formula is C10H12O2S. The molecule has 1 aromatic rings. The molecule has 70 valence electrons. The molecule has 0 aliphatic rings. The van der Waals surface area contributed by atoms with Gasteiger partial charge in [0.25, 0.3) is 0 Å². The third-order valence-corrected chi connectivity index (χ3v) is 2.24. The van der Waals surface area contributed by atoms with Crippen LogP contribution >= 0.6 is 12.6 Å². The second kappa shape index (κ2) is 4.33. The Labute approximate surface area is 83.0 Å². The lowest BCUT2D eigenvalue weighted by molar-refractivity contribution is -0.136. The molecule has 1 atom stereocenters. The molecule has 1 aromatic carbocycles. The maximum Gasteiger partial charge on any atom is 0.316 e. The van der Waals surface area contributed by atoms with Crippen LogP contribution in [0.3, 0.4) is 0 Å². The SMILES string of the molecule is Cc1ccc(C[C@H](S)C(=O)O)cc1. The number of carboxylic acids is 1. The minimum atomic E-state index is -0.871. The van der Waals surface area contributed by atoms with E-state index in [9.17, 15) is 4.79 Å². The van der Waals surface area contributed by atoms with Gasteiger partial charge in [-0.15, -0.1) is 0 Å². The summed E-state index contributed by atoms with van der Waals surface area (Å²) in [6.45, 7) is 2.00. The normalized spacial score (nSPS) is 12.5. The van der Waals surface area contributed by atoms with Crippen LogP contribution in [-0.4, -0.2) is 16.3 Å². The molecule has 0 spiro atoms. The van der Waals surface area contributed by atoms with Crippen molar-refractivity contribution in [3.63, 3.8) is 0 Å². The fourth-order valence-electron chi connectivity index (χ4n) is 1.03. The summed E-state index contributed by atoms with van der Waals surface area (Å²) in [6.07, 6.45) is 0.471. The standard InChI is InChI=1S/C10H12O2S/c1-7-2-4-8(5-3-7)6-9(13)10(11)12/h2-5,9,13H,6H2,1H3,(H,11,12)/t9-/m0/s1. The van der Waals surface area contributed by atoms with E-state index in [1.165, 1.54) is 5.56 Å². The predicted molar refractivity (Wildman–Crippen MR) is 55.3 cm³/mol. The number of thiol groups is 1. The Morgan fingerprint density at radius 3 is 2.46 bits per heavy atom. The third-order valence-electron chi connectivity index (χ3n) is 1.83. The summed E-state index contributed by atoms with van der Waals surface area (Å²) in [6, 6.07) is 7.80. The van der Waals surface area contributed by atoms with Crippen molar-refractivity contribution in [2.24, 2.45) is 0 Å². The number of aryl methyl sites for hydroxylation is 1. The number of rotatable bonds is 3. The molecule has 0 saturated heterocycles. The summed E-state index contributed by atoms with van der Waals surface area (Å²) in [4.78, 5) is 10.5. The number of benzene rings is 1. The largest absolute Gasteiger partial charge is 0.480 e. The molecule has 0 saturated carbocycles. The maximum absolute atomic E-state index is 10.5. The average molecular weight is 196 g/mol. The molecule has 0 aromatic heterocycles. The van der Waals surface area contributed by atoms with E-state index in [0.29, 0.717) is 6.42 Å². The fraction of sp³-hybridized carbons (Fsp3) is 0.300. The highest BCUT2D eigenvalue weighted by Crippen LogP contribution is 2.09. The van der Waals surface area contributed by atoms with Gasteiger partial charge in [-0.2, -0.15) is 12.6 Å². The number of hydrogen-bond donors (Lipinski definition) is 2. The zero-order valence-corrected chi connectivity index (χ0v) is 8.29. The van der Waals surface area contributed by atoms with Crippen LogP contribution in [0.2, 0.25) is 0 Å². The van der Waals surface area contributed by atoms with Crippen LogP contribution in [0.25, 0.3) is 0 Å². The minimum Gasteiger partial charge on any atom is -0.480 e. The van der Waals surface area contributed by atoms with Gasteiger partial charge in [-0.1, -0.05) is 29.8 Å². The molecule has 13 heavy (non-hydrogen) atoms. The molecule has 0 heterocycles. The summed E-state index contributed by atoms with van der Waals surface area (Å²) in [5.74, 6) is -0.871. The molecule has 1 N–H and O–H groups in total. The van der Waals surface area contributed by atoms with E-state index in [2.05, 4.69) is 12.6 Å². The first-order chi connectivity index (χ1) is 6.09. The Balaban J connectivity index is 2.64. The van der Waals surface area contributed by atoms with Gasteiger partial charge in [-0.05, 0) is 18.9 Å². The van der Waals surface area contributed by atoms with Crippen molar-refractivity contribution in [2.45, 2.75) is 18.6 Å². The molecule has 0 radical (unpaired) electrons. The third kappa shape index (κ3) is 3.11. The summed E-state index contributed by atoms with van der Waals surface area (Å²) in [5.41, 5.74) is 2.18. The van der Waals surface area contributed by atoms with Crippen molar-refractivity contribution in [3.8, 4) is 0 Å². The van der Waals surface area contributed by atoms with Crippen molar-refractivity contribution in [1.82, 2.24) is 0 Å². The van der Waals surface area contributed by atoms with E-state index >= 15 is 0 Å². The van der Waals surface area contributed by atoms with Crippen LogP contribution in [0.5, 0.6) is 0 Å². The van der Waals surface area contributed by atoms with Crippen LogP contribution in [0.4, 0.5) is 0 Å². The van der Waals surface area contributed by atoms with Gasteiger partial charge in [0, 0.05) is 0 Å². The molecular weight excluding hydrogens is 184 g/mol. The first-order valence-electron chi connectivity index (χ1n) is 4.06. The highest BCUT2D eigenvalue weighted by molar-refractivity contribution is 7.81. The first-order valence-corrected chi connectivity index (χ1v) is 4.57. The van der Waals surface area contributed by atoms with Gasteiger partial charge in [0.1, 0.15) is 5.25 Å². The number of hydrogen-bond acceptors (Lipinski definition) is 2. The Kier molecular flexibility index (Phi) is 3.37. The molecule has 0 amide bonds. The zero-order chi connectivity index (χ0) is 9.84. The maximum atomic E-state index is 10.5. The lowest BCUT2D eigenvalue weighted by Gasteiger charge is -2.05. The number of aliphatic carboxylic acids is 1. The van der Waals surface area contributed by atoms with Crippen LogP contribution in [0.15, 0.2) is 24.3 Å². The fourth-order valence-corrected chi connectivity index (χ4v) is 1.25. The van der Waals surface area contributed by atoms with Crippen molar-refractivity contribution < 1.29 is 9.90 Å². The van der Waals surface area contributed by atoms with Gasteiger partial charge in [0.05, 0.1) is 0 Å². The smallest absolute Gasteiger partial charge is 0.316 e. The summed E-state index contributed by atoms with van der Waals surface area (Å²) >= 11 is 3.96. The zero-order valence-electron chi connectivity index (χ0n) is 7.40. The van der Waals surface area contributed by atoms with Gasteiger partial charge in [-0.3, -0.25) is 4.79 Å². The summed E-state index contributed by atoms with van der Waals surface area (Å²) in [5, 5.41) is 8.01. The van der Waals surface area contributed by atoms with Gasteiger partial charge >= 0.3 is 5.97 Å². The quantitative estimate of drug-likeness (QED) is 0.725. The van der Waals surface area contributed by atoms with E-state index in [4.69, 9.17) is 5.11 Å². The van der Waals surface area contributed by atoms with E-state index in [0.717, 1.165) is 5.56 Å². The second-order valence-corrected chi connectivity index (χ2v) is 3.67. The van der Waals surface area contributed by atoms with Crippen molar-refractivity contribution >= 4 is 18.6 Å². The number of carbonyl (C=O) groups is 1. The molecule has 2 nitrogen and oxygen atoms in total. The van der Waals surface area contributed by atoms with Gasteiger partial charge in [0.15, 0.2) is 0 Å². The molecule has 3 heteroatoms. The van der Waals surface area contributed by atoms with Crippen LogP contribution in [0.1, 0.15) is 11.1 Å². The molecule has 0 aliphatic carbocycles. The Bertz CT molecular complexity index is 292. The molecule has 0 fully saturated rings. The van der Waals surface area contributed by atoms with Crippen LogP contribution in [0, 0.1) is 6.92 Å². The summed E-state index contributed by atoms with van der Waals surface area (Å²) in [7, 11) is 0. The second-order valence-electron chi connectivity index (χ2n) is 3.04. The van der Waals surface area contributed by atoms with Crippen LogP contribution in [-0.2, 0) is 11.2 Å². The average Bonchev–Trinajstić information content (AvgIpc) is 2.08. The van der Waals surface area contributed by atoms with E-state index < -0.39 is 11.2 Å². The van der Waals surface area contributed by atoms with E-state index in [-0.39, 0.29) is 0 Å². The molecule has 0 aliphatic heterocycles. The Morgan fingerprint density at radius 2 is 2.00 bits per heavy atom. The van der Waals surface area contributed by atoms with Crippen molar-refractivity contribution in [2.75, 3.05) is 0 Å². The van der Waals surface area contributed by atoms with Gasteiger partial charge in [-0.25, -0.2) is 0 Å². The molecule has 1 rings (SSSR count). The number of carboxylic acid groups (broad SMARTS) is 1. The monoisotopic (exact) mass is 196 g/mol. The summed E-state index contributed by atoms with van der Waals surface area (Å²) < 4.78 is 0. The van der Waals surface area contributed by atoms with Crippen LogP contribution < -0.4 is 0 Å². The van der Waals surface area contributed by atoms with Gasteiger partial charge in [0.2, 0.25) is 0 Å². The predicted octanol–water partition coefficient (Wildman–Crippen LogP) is 1.92. The topological polar surface area (TPSA) is 37.3 Å². The molecule has 0 bridgehead atoms. The Morgan fingerprint density at radius 1 is 1.46 bits per heavy atom. The first kappa shape index (κ1) is 10.1. The lowest BCUT2D eigenvalue weighted by Crippen LogP contribution is -2.15. The lowest BCUT2D eigenvalue weighted by atomic mass is 10.1. The van der Waals surface area contributed by atoms with Gasteiger partial charge < -0.3 is 5.11 Å². The van der Waals surface area contributed by atoms with E-state index in [1.807, 2.05) is 31.2 Å². The van der Waals surface area contributed by atoms with Crippen molar-refractivity contribution in [1.29, 1.82) is 0 Å². The van der Waals surface area contributed by atoms with E-state index in [1.54, 1.807) is 0 Å². The highest BCUT2D eigenvalue weighted by Gasteiger charge is 2.11. The Hall–Kier alpha value is -0.960. The van der Waals surface area contributed by atoms with Crippen molar-refractivity contribution in [3.05, 3.63) is 35.4 Å².